The van der Waals surface area contributed by atoms with Crippen molar-refractivity contribution in [2.24, 2.45) is 0 Å². The van der Waals surface area contributed by atoms with Gasteiger partial charge in [0, 0.05) is 0 Å². The standard InChI is InChI=1S/C21H20N2O2/c1-15(20-12-11-19(24)14-22-20)23-21(25)13-16-7-9-18(10-8-16)17-5-3-2-4-6-17/h2-12,14-15,24H,13H2,1H3,(H,23,25)/t15-/m1/s1. The Morgan fingerprint density at radius 1 is 1.00 bits per heavy atom. The lowest BCUT2D eigenvalue weighted by Crippen LogP contribution is -2.28. The number of nitrogens with zero attached hydrogens (tertiary/aromatic N) is 1. The van der Waals surface area contributed by atoms with Crippen LogP contribution < -0.4 is 5.32 Å². The van der Waals surface area contributed by atoms with Crippen molar-refractivity contribution in [1.29, 1.82) is 0 Å². The van der Waals surface area contributed by atoms with Gasteiger partial charge in [0.2, 0.25) is 5.91 Å². The van der Waals surface area contributed by atoms with E-state index in [4.69, 9.17) is 0 Å². The van der Waals surface area contributed by atoms with Crippen LogP contribution in [-0.4, -0.2) is 16.0 Å². The van der Waals surface area contributed by atoms with Crippen LogP contribution in [0.1, 0.15) is 24.2 Å². The second-order valence-corrected chi connectivity index (χ2v) is 5.97. The van der Waals surface area contributed by atoms with Gasteiger partial charge in [0.1, 0.15) is 5.75 Å². The summed E-state index contributed by atoms with van der Waals surface area (Å²) in [4.78, 5) is 16.3. The summed E-state index contributed by atoms with van der Waals surface area (Å²) >= 11 is 0. The largest absolute Gasteiger partial charge is 0.506 e. The third kappa shape index (κ3) is 4.44. The number of benzene rings is 2. The van der Waals surface area contributed by atoms with Crippen molar-refractivity contribution in [2.45, 2.75) is 19.4 Å². The fraction of sp³-hybridized carbons (Fsp3) is 0.143. The van der Waals surface area contributed by atoms with Gasteiger partial charge in [0.15, 0.2) is 0 Å². The third-order valence-electron chi connectivity index (χ3n) is 4.02. The quantitative estimate of drug-likeness (QED) is 0.745. The van der Waals surface area contributed by atoms with Gasteiger partial charge in [0.05, 0.1) is 24.4 Å². The molecule has 0 bridgehead atoms. The molecule has 0 unspecified atom stereocenters. The van der Waals surface area contributed by atoms with Gasteiger partial charge in [-0.25, -0.2) is 0 Å². The predicted molar refractivity (Wildman–Crippen MR) is 98.0 cm³/mol. The van der Waals surface area contributed by atoms with Crippen LogP contribution in [0.15, 0.2) is 72.9 Å². The summed E-state index contributed by atoms with van der Waals surface area (Å²) in [5.41, 5.74) is 3.96. The van der Waals surface area contributed by atoms with Gasteiger partial charge in [-0.05, 0) is 35.7 Å². The molecule has 4 nitrogen and oxygen atoms in total. The Hall–Kier alpha value is -3.14. The summed E-state index contributed by atoms with van der Waals surface area (Å²) in [6.45, 7) is 1.87. The number of pyridine rings is 1. The van der Waals surface area contributed by atoms with E-state index in [1.54, 1.807) is 12.1 Å². The fourth-order valence-corrected chi connectivity index (χ4v) is 2.65. The monoisotopic (exact) mass is 332 g/mol. The van der Waals surface area contributed by atoms with Crippen molar-refractivity contribution in [3.05, 3.63) is 84.2 Å². The summed E-state index contributed by atoms with van der Waals surface area (Å²) in [5.74, 6) is 0.0515. The highest BCUT2D eigenvalue weighted by Gasteiger charge is 2.11. The Morgan fingerprint density at radius 3 is 2.32 bits per heavy atom. The van der Waals surface area contributed by atoms with Crippen LogP contribution in [0.4, 0.5) is 0 Å². The van der Waals surface area contributed by atoms with Crippen LogP contribution in [0.3, 0.4) is 0 Å². The Bertz CT molecular complexity index is 828. The van der Waals surface area contributed by atoms with Crippen molar-refractivity contribution < 1.29 is 9.90 Å². The first-order chi connectivity index (χ1) is 12.1. The number of carbonyl (C=O) groups excluding carboxylic acids is 1. The maximum atomic E-state index is 12.2. The molecule has 0 saturated heterocycles. The van der Waals surface area contributed by atoms with Crippen molar-refractivity contribution in [3.8, 4) is 16.9 Å². The minimum atomic E-state index is -0.211. The van der Waals surface area contributed by atoms with E-state index in [0.717, 1.165) is 16.7 Å². The zero-order chi connectivity index (χ0) is 17.6. The number of rotatable bonds is 5. The molecule has 2 N–H and O–H groups in total. The van der Waals surface area contributed by atoms with E-state index in [2.05, 4.69) is 22.4 Å². The normalized spacial score (nSPS) is 11.7. The minimum absolute atomic E-state index is 0.0603. The molecule has 25 heavy (non-hydrogen) atoms. The highest BCUT2D eigenvalue weighted by Crippen LogP contribution is 2.19. The van der Waals surface area contributed by atoms with Crippen LogP contribution in [0.2, 0.25) is 0 Å². The number of hydrogen-bond acceptors (Lipinski definition) is 3. The second-order valence-electron chi connectivity index (χ2n) is 5.97. The van der Waals surface area contributed by atoms with E-state index in [1.807, 2.05) is 49.4 Å². The molecule has 1 atom stereocenters. The second kappa shape index (κ2) is 7.62. The Balaban J connectivity index is 1.60. The number of nitrogens with one attached hydrogen (secondary N) is 1. The molecule has 0 aliphatic heterocycles. The highest BCUT2D eigenvalue weighted by atomic mass is 16.3. The molecule has 4 heteroatoms. The first-order valence-electron chi connectivity index (χ1n) is 8.20. The SMILES string of the molecule is C[C@@H](NC(=O)Cc1ccc(-c2ccccc2)cc1)c1ccc(O)cn1. The fourth-order valence-electron chi connectivity index (χ4n) is 2.65. The third-order valence-corrected chi connectivity index (χ3v) is 4.02. The number of aromatic nitrogens is 1. The van der Waals surface area contributed by atoms with Gasteiger partial charge in [-0.3, -0.25) is 9.78 Å². The van der Waals surface area contributed by atoms with Gasteiger partial charge < -0.3 is 10.4 Å². The van der Waals surface area contributed by atoms with Crippen molar-refractivity contribution in [1.82, 2.24) is 10.3 Å². The summed E-state index contributed by atoms with van der Waals surface area (Å²) in [7, 11) is 0. The average molecular weight is 332 g/mol. The zero-order valence-electron chi connectivity index (χ0n) is 14.0. The molecule has 0 aliphatic carbocycles. The molecule has 1 aromatic heterocycles. The lowest BCUT2D eigenvalue weighted by molar-refractivity contribution is -0.121. The first kappa shape index (κ1) is 16.7. The molecular formula is C21H20N2O2. The molecular weight excluding hydrogens is 312 g/mol. The molecule has 126 valence electrons. The van der Waals surface area contributed by atoms with Gasteiger partial charge in [0.25, 0.3) is 0 Å². The average Bonchev–Trinajstić information content (AvgIpc) is 2.63. The van der Waals surface area contributed by atoms with Crippen molar-refractivity contribution >= 4 is 5.91 Å². The van der Waals surface area contributed by atoms with E-state index in [1.165, 1.54) is 6.20 Å². The van der Waals surface area contributed by atoms with Crippen LogP contribution in [0, 0.1) is 0 Å². The molecule has 1 heterocycles. The van der Waals surface area contributed by atoms with E-state index in [0.29, 0.717) is 12.1 Å². The summed E-state index contributed by atoms with van der Waals surface area (Å²) in [6, 6.07) is 21.2. The van der Waals surface area contributed by atoms with Crippen LogP contribution in [0.25, 0.3) is 11.1 Å². The summed E-state index contributed by atoms with van der Waals surface area (Å²) < 4.78 is 0. The Morgan fingerprint density at radius 2 is 1.68 bits per heavy atom. The smallest absolute Gasteiger partial charge is 0.224 e. The molecule has 0 spiro atoms. The number of carbonyl (C=O) groups is 1. The lowest BCUT2D eigenvalue weighted by atomic mass is 10.0. The molecule has 2 aromatic carbocycles. The van der Waals surface area contributed by atoms with Gasteiger partial charge >= 0.3 is 0 Å². The number of aromatic hydroxyl groups is 1. The first-order valence-corrected chi connectivity index (χ1v) is 8.20. The molecule has 0 radical (unpaired) electrons. The topological polar surface area (TPSA) is 62.2 Å². The molecule has 0 saturated carbocycles. The van der Waals surface area contributed by atoms with Gasteiger partial charge in [-0.2, -0.15) is 0 Å². The van der Waals surface area contributed by atoms with E-state index >= 15 is 0 Å². The Labute approximate surface area is 147 Å². The number of amides is 1. The van der Waals surface area contributed by atoms with Crippen LogP contribution in [-0.2, 0) is 11.2 Å². The predicted octanol–water partition coefficient (Wildman–Crippen LogP) is 3.87. The molecule has 0 aliphatic rings. The van der Waals surface area contributed by atoms with Crippen molar-refractivity contribution in [2.75, 3.05) is 0 Å². The minimum Gasteiger partial charge on any atom is -0.506 e. The Kier molecular flexibility index (Phi) is 5.09. The zero-order valence-corrected chi connectivity index (χ0v) is 14.0. The molecule has 3 rings (SSSR count). The van der Waals surface area contributed by atoms with Gasteiger partial charge in [-0.15, -0.1) is 0 Å². The lowest BCUT2D eigenvalue weighted by Gasteiger charge is -2.13. The maximum Gasteiger partial charge on any atom is 0.224 e. The van der Waals surface area contributed by atoms with E-state index in [9.17, 15) is 9.90 Å². The molecule has 0 fully saturated rings. The van der Waals surface area contributed by atoms with Crippen molar-refractivity contribution in [3.63, 3.8) is 0 Å². The number of hydrogen-bond donors (Lipinski definition) is 2. The summed E-state index contributed by atoms with van der Waals surface area (Å²) in [5, 5.41) is 12.2. The highest BCUT2D eigenvalue weighted by molar-refractivity contribution is 5.79. The van der Waals surface area contributed by atoms with E-state index in [-0.39, 0.29) is 17.7 Å². The van der Waals surface area contributed by atoms with Crippen LogP contribution >= 0.6 is 0 Å². The summed E-state index contributed by atoms with van der Waals surface area (Å²) in [6.07, 6.45) is 1.69. The molecule has 1 amide bonds. The maximum absolute atomic E-state index is 12.2. The van der Waals surface area contributed by atoms with E-state index < -0.39 is 0 Å². The van der Waals surface area contributed by atoms with Gasteiger partial charge in [-0.1, -0.05) is 54.6 Å². The molecule has 3 aromatic rings. The van der Waals surface area contributed by atoms with Crippen LogP contribution in [0.5, 0.6) is 5.75 Å².